The van der Waals surface area contributed by atoms with Gasteiger partial charge in [-0.05, 0) is 60.7 Å². The maximum atomic E-state index is 12.1. The number of nitrogens with one attached hydrogen (secondary N) is 1. The van der Waals surface area contributed by atoms with Crippen molar-refractivity contribution in [1.29, 1.82) is 0 Å². The van der Waals surface area contributed by atoms with Crippen LogP contribution in [-0.4, -0.2) is 37.8 Å². The average molecular weight is 462 g/mol. The molecule has 0 bridgehead atoms. The Hall–Kier alpha value is -3.54. The van der Waals surface area contributed by atoms with Gasteiger partial charge in [0.2, 0.25) is 0 Å². The fraction of sp³-hybridized carbons (Fsp3) is 0.357. The van der Waals surface area contributed by atoms with Gasteiger partial charge in [-0.3, -0.25) is 4.98 Å². The van der Waals surface area contributed by atoms with E-state index in [0.717, 1.165) is 43.8 Å². The van der Waals surface area contributed by atoms with Gasteiger partial charge >= 0.3 is 5.97 Å². The first-order valence-corrected chi connectivity index (χ1v) is 12.1. The molecule has 1 aliphatic carbocycles. The van der Waals surface area contributed by atoms with E-state index in [1.54, 1.807) is 18.5 Å². The Balaban J connectivity index is 0.00000111. The highest BCUT2D eigenvalue weighted by Crippen LogP contribution is 2.39. The number of pyridine rings is 1. The predicted molar refractivity (Wildman–Crippen MR) is 139 cm³/mol. The third-order valence-electron chi connectivity index (χ3n) is 6.37. The van der Waals surface area contributed by atoms with Crippen LogP contribution in [0.5, 0.6) is 5.75 Å². The number of anilines is 3. The van der Waals surface area contributed by atoms with Crippen LogP contribution in [0.2, 0.25) is 0 Å². The van der Waals surface area contributed by atoms with Crippen molar-refractivity contribution >= 4 is 23.0 Å². The van der Waals surface area contributed by atoms with Gasteiger partial charge in [0.1, 0.15) is 12.4 Å². The molecule has 2 heterocycles. The summed E-state index contributed by atoms with van der Waals surface area (Å²) in [5.74, 6) is 0.973. The highest BCUT2D eigenvalue weighted by Gasteiger charge is 2.24. The number of esters is 1. The first kappa shape index (κ1) is 23.6. The van der Waals surface area contributed by atoms with Crippen molar-refractivity contribution in [2.45, 2.75) is 39.0 Å². The summed E-state index contributed by atoms with van der Waals surface area (Å²) in [6.07, 6.45) is 6.66. The number of para-hydroxylation sites is 2. The SMILES string of the molecule is CC.COC(=O)c1ccncc1NC[C@@H]1CCCc2cc(N3CCOc4ccccc43)ccc21.[HH]. The van der Waals surface area contributed by atoms with Crippen LogP contribution in [0, 0.1) is 0 Å². The zero-order chi connectivity index (χ0) is 23.9. The molecule has 0 unspecified atom stereocenters. The number of methoxy groups -OCH3 is 1. The molecule has 0 saturated carbocycles. The number of aromatic nitrogens is 1. The maximum absolute atomic E-state index is 12.1. The molecule has 3 aromatic rings. The number of carbonyl (C=O) groups is 1. The fourth-order valence-electron chi connectivity index (χ4n) is 4.78. The summed E-state index contributed by atoms with van der Waals surface area (Å²) in [6.45, 7) is 6.29. The highest BCUT2D eigenvalue weighted by molar-refractivity contribution is 5.95. The normalized spacial score (nSPS) is 16.2. The van der Waals surface area contributed by atoms with Crippen LogP contribution >= 0.6 is 0 Å². The molecule has 1 atom stereocenters. The summed E-state index contributed by atoms with van der Waals surface area (Å²) >= 11 is 0. The van der Waals surface area contributed by atoms with Crippen LogP contribution in [0.25, 0.3) is 0 Å². The second kappa shape index (κ2) is 11.1. The Bertz CT molecular complexity index is 1140. The van der Waals surface area contributed by atoms with Gasteiger partial charge in [0.05, 0.1) is 36.8 Å². The van der Waals surface area contributed by atoms with Crippen molar-refractivity contribution in [3.8, 4) is 5.75 Å². The topological polar surface area (TPSA) is 63.7 Å². The van der Waals surface area contributed by atoms with Gasteiger partial charge in [0, 0.05) is 25.8 Å². The van der Waals surface area contributed by atoms with Crippen LogP contribution in [0.4, 0.5) is 17.1 Å². The lowest BCUT2D eigenvalue weighted by molar-refractivity contribution is 0.0601. The Morgan fingerprint density at radius 2 is 2.09 bits per heavy atom. The van der Waals surface area contributed by atoms with Gasteiger partial charge in [-0.25, -0.2) is 4.79 Å². The van der Waals surface area contributed by atoms with Gasteiger partial charge < -0.3 is 19.7 Å². The summed E-state index contributed by atoms with van der Waals surface area (Å²) in [6, 6.07) is 16.8. The van der Waals surface area contributed by atoms with E-state index in [1.807, 2.05) is 26.0 Å². The third-order valence-corrected chi connectivity index (χ3v) is 6.37. The lowest BCUT2D eigenvalue weighted by Crippen LogP contribution is -2.28. The van der Waals surface area contributed by atoms with Gasteiger partial charge in [0.25, 0.3) is 0 Å². The van der Waals surface area contributed by atoms with Crippen molar-refractivity contribution < 1.29 is 15.7 Å². The highest BCUT2D eigenvalue weighted by atomic mass is 16.5. The Kier molecular flexibility index (Phi) is 7.68. The molecule has 180 valence electrons. The minimum Gasteiger partial charge on any atom is -0.490 e. The minimum absolute atomic E-state index is 0. The van der Waals surface area contributed by atoms with Crippen LogP contribution in [0.15, 0.2) is 60.9 Å². The summed E-state index contributed by atoms with van der Waals surface area (Å²) in [5.41, 5.74) is 6.36. The van der Waals surface area contributed by atoms with E-state index >= 15 is 0 Å². The number of fused-ring (bicyclic) bond motifs is 2. The van der Waals surface area contributed by atoms with Crippen molar-refractivity contribution in [1.82, 2.24) is 4.98 Å². The number of aryl methyl sites for hydroxylation is 1. The van der Waals surface area contributed by atoms with E-state index in [4.69, 9.17) is 9.47 Å². The molecule has 0 radical (unpaired) electrons. The van der Waals surface area contributed by atoms with Gasteiger partial charge in [-0.15, -0.1) is 0 Å². The molecule has 5 rings (SSSR count). The number of benzene rings is 2. The molecule has 2 aromatic carbocycles. The van der Waals surface area contributed by atoms with E-state index in [9.17, 15) is 4.79 Å². The molecular formula is C28H35N3O3. The fourth-order valence-corrected chi connectivity index (χ4v) is 4.78. The zero-order valence-electron chi connectivity index (χ0n) is 20.2. The molecule has 0 saturated heterocycles. The van der Waals surface area contributed by atoms with Crippen molar-refractivity contribution in [3.63, 3.8) is 0 Å². The Morgan fingerprint density at radius 3 is 2.94 bits per heavy atom. The molecule has 1 aliphatic heterocycles. The minimum atomic E-state index is -0.352. The van der Waals surface area contributed by atoms with Crippen molar-refractivity contribution in [3.05, 3.63) is 77.6 Å². The third kappa shape index (κ3) is 4.86. The summed E-state index contributed by atoms with van der Waals surface area (Å²) in [4.78, 5) is 18.6. The van der Waals surface area contributed by atoms with Gasteiger partial charge in [-0.2, -0.15) is 0 Å². The second-order valence-electron chi connectivity index (χ2n) is 8.23. The molecule has 1 N–H and O–H groups in total. The molecular weight excluding hydrogens is 426 g/mol. The van der Waals surface area contributed by atoms with Crippen molar-refractivity contribution in [2.75, 3.05) is 37.0 Å². The first-order chi connectivity index (χ1) is 16.7. The number of carbonyl (C=O) groups excluding carboxylic acids is 1. The number of hydrogen-bond donors (Lipinski definition) is 1. The van der Waals surface area contributed by atoms with E-state index < -0.39 is 0 Å². The van der Waals surface area contributed by atoms with Crippen LogP contribution < -0.4 is 15.0 Å². The van der Waals surface area contributed by atoms with E-state index in [0.29, 0.717) is 23.8 Å². The second-order valence-corrected chi connectivity index (χ2v) is 8.23. The van der Waals surface area contributed by atoms with Crippen molar-refractivity contribution in [2.24, 2.45) is 0 Å². The molecule has 0 amide bonds. The lowest BCUT2D eigenvalue weighted by atomic mass is 9.82. The summed E-state index contributed by atoms with van der Waals surface area (Å²) in [7, 11) is 1.40. The van der Waals surface area contributed by atoms with E-state index in [-0.39, 0.29) is 7.40 Å². The average Bonchev–Trinajstić information content (AvgIpc) is 2.92. The number of nitrogens with zero attached hydrogens (tertiary/aromatic N) is 2. The molecule has 2 aliphatic rings. The first-order valence-electron chi connectivity index (χ1n) is 12.1. The summed E-state index contributed by atoms with van der Waals surface area (Å²) < 4.78 is 10.7. The lowest BCUT2D eigenvalue weighted by Gasteiger charge is -2.33. The molecule has 6 nitrogen and oxygen atoms in total. The quantitative estimate of drug-likeness (QED) is 0.456. The summed E-state index contributed by atoms with van der Waals surface area (Å²) in [5, 5.41) is 3.44. The molecule has 0 spiro atoms. The number of rotatable bonds is 5. The molecule has 0 fully saturated rings. The van der Waals surface area contributed by atoms with Gasteiger partial charge in [-0.1, -0.05) is 32.0 Å². The monoisotopic (exact) mass is 461 g/mol. The predicted octanol–water partition coefficient (Wildman–Crippen LogP) is 6.20. The largest absolute Gasteiger partial charge is 0.490 e. The van der Waals surface area contributed by atoms with Gasteiger partial charge in [0.15, 0.2) is 0 Å². The smallest absolute Gasteiger partial charge is 0.340 e. The van der Waals surface area contributed by atoms with E-state index in [2.05, 4.69) is 45.5 Å². The molecule has 34 heavy (non-hydrogen) atoms. The van der Waals surface area contributed by atoms with Crippen LogP contribution in [-0.2, 0) is 11.2 Å². The Morgan fingerprint density at radius 1 is 1.24 bits per heavy atom. The zero-order valence-corrected chi connectivity index (χ0v) is 20.2. The molecule has 6 heteroatoms. The van der Waals surface area contributed by atoms with E-state index in [1.165, 1.54) is 23.9 Å². The standard InChI is InChI=1S/C26H27N3O3.C2H6.H2/c1-31-26(30)22-11-12-27-17-23(22)28-16-19-6-4-5-18-15-20(9-10-21(18)19)29-13-14-32-25-8-3-2-7-24(25)29;1-2;/h2-3,7-12,15,17,19,28H,4-6,13-14,16H2,1H3;1-2H3;1H/t19-;;/m0../s1. The number of ether oxygens (including phenoxy) is 2. The maximum Gasteiger partial charge on any atom is 0.340 e. The van der Waals surface area contributed by atoms with Crippen LogP contribution in [0.1, 0.15) is 55.5 Å². The Labute approximate surface area is 203 Å². The number of hydrogen-bond acceptors (Lipinski definition) is 6. The van der Waals surface area contributed by atoms with Crippen LogP contribution in [0.3, 0.4) is 0 Å². The molecule has 1 aromatic heterocycles.